The van der Waals surface area contributed by atoms with Crippen molar-refractivity contribution in [2.45, 2.75) is 13.5 Å². The van der Waals surface area contributed by atoms with E-state index in [4.69, 9.17) is 9.84 Å². The minimum absolute atomic E-state index is 0.324. The van der Waals surface area contributed by atoms with E-state index in [2.05, 4.69) is 0 Å². The van der Waals surface area contributed by atoms with E-state index in [-0.39, 0.29) is 5.97 Å². The molecule has 0 unspecified atom stereocenters. The molecule has 2 aromatic carbocycles. The predicted molar refractivity (Wildman–Crippen MR) is 100 cm³/mol. The van der Waals surface area contributed by atoms with E-state index in [0.717, 1.165) is 28.1 Å². The van der Waals surface area contributed by atoms with E-state index >= 15 is 0 Å². The summed E-state index contributed by atoms with van der Waals surface area (Å²) in [6, 6.07) is 17.2. The molecular weight excluding hydrogens is 330 g/mol. The topological polar surface area (TPSA) is 68.5 Å². The lowest BCUT2D eigenvalue weighted by atomic mass is 10.1. The molecule has 0 aliphatic carbocycles. The largest absolute Gasteiger partial charge is 0.478 e. The first-order chi connectivity index (χ1) is 12.6. The number of hydrogen-bond acceptors (Lipinski definition) is 3. The zero-order valence-corrected chi connectivity index (χ0v) is 14.4. The SMILES string of the molecule is CCOC(=O)c1cc2ccccc2n1Cc1ccc(/C=C/C(=O)O)cc1. The molecule has 0 aliphatic rings. The van der Waals surface area contributed by atoms with Gasteiger partial charge in [-0.1, -0.05) is 42.5 Å². The number of aliphatic carboxylic acids is 1. The standard InChI is InChI=1S/C21H19NO4/c1-2-26-21(25)19-13-17-5-3-4-6-18(17)22(19)14-16-9-7-15(8-10-16)11-12-20(23)24/h3-13H,2,14H2,1H3,(H,23,24)/b12-11+. The number of fused-ring (bicyclic) bond motifs is 1. The molecule has 0 radical (unpaired) electrons. The molecule has 0 spiro atoms. The number of rotatable bonds is 6. The Morgan fingerprint density at radius 1 is 1.12 bits per heavy atom. The van der Waals surface area contributed by atoms with Crippen LogP contribution in [0.15, 0.2) is 60.7 Å². The first-order valence-electron chi connectivity index (χ1n) is 8.34. The third-order valence-corrected chi connectivity index (χ3v) is 4.03. The predicted octanol–water partition coefficient (Wildman–Crippen LogP) is 3.96. The molecule has 26 heavy (non-hydrogen) atoms. The third-order valence-electron chi connectivity index (χ3n) is 4.03. The number of benzene rings is 2. The summed E-state index contributed by atoms with van der Waals surface area (Å²) in [4.78, 5) is 22.9. The van der Waals surface area contributed by atoms with Crippen LogP contribution >= 0.6 is 0 Å². The second-order valence-corrected chi connectivity index (χ2v) is 5.81. The number of nitrogens with zero attached hydrogens (tertiary/aromatic N) is 1. The number of ether oxygens (including phenoxy) is 1. The van der Waals surface area contributed by atoms with Crippen molar-refractivity contribution in [1.82, 2.24) is 4.57 Å². The summed E-state index contributed by atoms with van der Waals surface area (Å²) in [5.74, 6) is -1.32. The van der Waals surface area contributed by atoms with Crippen molar-refractivity contribution in [1.29, 1.82) is 0 Å². The zero-order chi connectivity index (χ0) is 18.5. The highest BCUT2D eigenvalue weighted by molar-refractivity contribution is 5.95. The van der Waals surface area contributed by atoms with Crippen molar-refractivity contribution < 1.29 is 19.4 Å². The molecule has 132 valence electrons. The Kier molecular flexibility index (Phi) is 5.17. The van der Waals surface area contributed by atoms with Gasteiger partial charge in [-0.25, -0.2) is 9.59 Å². The normalized spacial score (nSPS) is 11.1. The van der Waals surface area contributed by atoms with Crippen molar-refractivity contribution in [3.8, 4) is 0 Å². The van der Waals surface area contributed by atoms with Gasteiger partial charge in [0.2, 0.25) is 0 Å². The summed E-state index contributed by atoms with van der Waals surface area (Å²) in [5.41, 5.74) is 3.29. The molecule has 1 N–H and O–H groups in total. The Morgan fingerprint density at radius 3 is 2.54 bits per heavy atom. The fourth-order valence-electron chi connectivity index (χ4n) is 2.84. The number of carbonyl (C=O) groups is 2. The maximum Gasteiger partial charge on any atom is 0.354 e. The van der Waals surface area contributed by atoms with Gasteiger partial charge in [-0.05, 0) is 36.3 Å². The summed E-state index contributed by atoms with van der Waals surface area (Å²) in [6.45, 7) is 2.63. The van der Waals surface area contributed by atoms with E-state index in [1.807, 2.05) is 59.2 Å². The summed E-state index contributed by atoms with van der Waals surface area (Å²) in [5, 5.41) is 9.68. The molecule has 3 aromatic rings. The third kappa shape index (κ3) is 3.83. The highest BCUT2D eigenvalue weighted by Gasteiger charge is 2.16. The van der Waals surface area contributed by atoms with Crippen LogP contribution in [-0.4, -0.2) is 28.2 Å². The zero-order valence-electron chi connectivity index (χ0n) is 14.4. The lowest BCUT2D eigenvalue weighted by Crippen LogP contribution is -2.12. The second-order valence-electron chi connectivity index (χ2n) is 5.81. The maximum absolute atomic E-state index is 12.3. The van der Waals surface area contributed by atoms with E-state index < -0.39 is 5.97 Å². The van der Waals surface area contributed by atoms with Gasteiger partial charge in [0.05, 0.1) is 6.61 Å². The van der Waals surface area contributed by atoms with E-state index in [1.165, 1.54) is 0 Å². The Morgan fingerprint density at radius 2 is 1.85 bits per heavy atom. The molecule has 0 aliphatic heterocycles. The molecule has 0 saturated carbocycles. The van der Waals surface area contributed by atoms with Crippen LogP contribution in [0.25, 0.3) is 17.0 Å². The number of esters is 1. The average Bonchev–Trinajstić information content (AvgIpc) is 3.00. The van der Waals surface area contributed by atoms with Crippen molar-refractivity contribution in [2.75, 3.05) is 6.61 Å². The highest BCUT2D eigenvalue weighted by atomic mass is 16.5. The molecular formula is C21H19NO4. The lowest BCUT2D eigenvalue weighted by molar-refractivity contribution is -0.131. The van der Waals surface area contributed by atoms with Gasteiger partial charge in [0.25, 0.3) is 0 Å². The van der Waals surface area contributed by atoms with Crippen molar-refractivity contribution in [3.05, 3.63) is 77.5 Å². The van der Waals surface area contributed by atoms with Crippen LogP contribution in [0.5, 0.6) is 0 Å². The summed E-state index contributed by atoms with van der Waals surface area (Å²) in [7, 11) is 0. The van der Waals surface area contributed by atoms with E-state index in [0.29, 0.717) is 18.8 Å². The molecule has 3 rings (SSSR count). The van der Waals surface area contributed by atoms with Gasteiger partial charge in [-0.2, -0.15) is 0 Å². The first-order valence-corrected chi connectivity index (χ1v) is 8.34. The van der Waals surface area contributed by atoms with Crippen LogP contribution in [0.3, 0.4) is 0 Å². The number of carboxylic acid groups (broad SMARTS) is 1. The minimum atomic E-state index is -0.980. The molecule has 5 heteroatoms. The molecule has 0 fully saturated rings. The van der Waals surface area contributed by atoms with Gasteiger partial charge in [-0.3, -0.25) is 0 Å². The monoisotopic (exact) mass is 349 g/mol. The van der Waals surface area contributed by atoms with Crippen LogP contribution in [0.1, 0.15) is 28.5 Å². The van der Waals surface area contributed by atoms with Crippen molar-refractivity contribution in [3.63, 3.8) is 0 Å². The molecule has 1 heterocycles. The quantitative estimate of drug-likeness (QED) is 0.540. The van der Waals surface area contributed by atoms with Gasteiger partial charge >= 0.3 is 11.9 Å². The molecule has 0 saturated heterocycles. The Labute approximate surface area is 151 Å². The number of carboxylic acids is 1. The van der Waals surface area contributed by atoms with Crippen LogP contribution < -0.4 is 0 Å². The molecule has 0 bridgehead atoms. The molecule has 0 atom stereocenters. The smallest absolute Gasteiger partial charge is 0.354 e. The minimum Gasteiger partial charge on any atom is -0.478 e. The Bertz CT molecular complexity index is 967. The van der Waals surface area contributed by atoms with Crippen LogP contribution in [0, 0.1) is 0 Å². The van der Waals surface area contributed by atoms with Gasteiger partial charge in [-0.15, -0.1) is 0 Å². The fraction of sp³-hybridized carbons (Fsp3) is 0.143. The van der Waals surface area contributed by atoms with Crippen molar-refractivity contribution in [2.24, 2.45) is 0 Å². The van der Waals surface area contributed by atoms with Gasteiger partial charge in [0.1, 0.15) is 5.69 Å². The molecule has 5 nitrogen and oxygen atoms in total. The number of aromatic nitrogens is 1. The van der Waals surface area contributed by atoms with E-state index in [1.54, 1.807) is 13.0 Å². The highest BCUT2D eigenvalue weighted by Crippen LogP contribution is 2.22. The van der Waals surface area contributed by atoms with Crippen molar-refractivity contribution >= 4 is 28.9 Å². The molecule has 0 amide bonds. The Balaban J connectivity index is 1.93. The van der Waals surface area contributed by atoms with Crippen LogP contribution in [0.4, 0.5) is 0 Å². The maximum atomic E-state index is 12.3. The van der Waals surface area contributed by atoms with Gasteiger partial charge < -0.3 is 14.4 Å². The van der Waals surface area contributed by atoms with E-state index in [9.17, 15) is 9.59 Å². The Hall–Kier alpha value is -3.34. The lowest BCUT2D eigenvalue weighted by Gasteiger charge is -2.10. The van der Waals surface area contributed by atoms with Gasteiger partial charge in [0, 0.05) is 23.5 Å². The first kappa shape index (κ1) is 17.5. The number of para-hydroxylation sites is 1. The summed E-state index contributed by atoms with van der Waals surface area (Å²) in [6.07, 6.45) is 2.65. The summed E-state index contributed by atoms with van der Waals surface area (Å²) >= 11 is 0. The second kappa shape index (κ2) is 7.70. The number of carbonyl (C=O) groups excluding carboxylic acids is 1. The summed E-state index contributed by atoms with van der Waals surface area (Å²) < 4.78 is 7.12. The average molecular weight is 349 g/mol. The van der Waals surface area contributed by atoms with Crippen LogP contribution in [0.2, 0.25) is 0 Å². The van der Waals surface area contributed by atoms with Crippen LogP contribution in [-0.2, 0) is 16.1 Å². The fourth-order valence-corrected chi connectivity index (χ4v) is 2.84. The molecule has 1 aromatic heterocycles. The van der Waals surface area contributed by atoms with Gasteiger partial charge in [0.15, 0.2) is 0 Å². The number of hydrogen-bond donors (Lipinski definition) is 1.